The molecule has 0 aliphatic carbocycles. The lowest BCUT2D eigenvalue weighted by atomic mass is 10.0. The van der Waals surface area contributed by atoms with Gasteiger partial charge in [0.25, 0.3) is 0 Å². The highest BCUT2D eigenvalue weighted by molar-refractivity contribution is 6.17. The number of nitrogens with zero attached hydrogens (tertiary/aromatic N) is 3. The van der Waals surface area contributed by atoms with E-state index in [4.69, 9.17) is 16.3 Å². The summed E-state index contributed by atoms with van der Waals surface area (Å²) in [6, 6.07) is 0. The molecule has 5 heteroatoms. The minimum atomic E-state index is 0.462. The quantitative estimate of drug-likeness (QED) is 0.772. The third-order valence-corrected chi connectivity index (χ3v) is 3.37. The van der Waals surface area contributed by atoms with Crippen LogP contribution in [0.15, 0.2) is 12.4 Å². The molecule has 94 valence electrons. The molecule has 0 unspecified atom stereocenters. The Morgan fingerprint density at radius 2 is 2.00 bits per heavy atom. The number of halogens is 1. The van der Waals surface area contributed by atoms with Gasteiger partial charge in [0, 0.05) is 44.8 Å². The zero-order chi connectivity index (χ0) is 12.1. The highest BCUT2D eigenvalue weighted by Crippen LogP contribution is 2.17. The van der Waals surface area contributed by atoms with Crippen molar-refractivity contribution in [2.75, 3.05) is 31.7 Å². The summed E-state index contributed by atoms with van der Waals surface area (Å²) in [4.78, 5) is 10.7. The summed E-state index contributed by atoms with van der Waals surface area (Å²) in [7, 11) is 2.03. The maximum absolute atomic E-state index is 5.71. The number of alkyl halides is 1. The summed E-state index contributed by atoms with van der Waals surface area (Å²) in [5.41, 5.74) is 0.954. The summed E-state index contributed by atoms with van der Waals surface area (Å²) in [5, 5.41) is 0. The van der Waals surface area contributed by atoms with Crippen molar-refractivity contribution in [3.05, 3.63) is 18.0 Å². The molecule has 0 amide bonds. The summed E-state index contributed by atoms with van der Waals surface area (Å²) in [5.74, 6) is 1.92. The highest BCUT2D eigenvalue weighted by atomic mass is 35.5. The van der Waals surface area contributed by atoms with E-state index in [1.165, 1.54) is 0 Å². The summed E-state index contributed by atoms with van der Waals surface area (Å²) >= 11 is 5.71. The van der Waals surface area contributed by atoms with Gasteiger partial charge >= 0.3 is 0 Å². The minimum absolute atomic E-state index is 0.462. The molecule has 0 N–H and O–H groups in total. The van der Waals surface area contributed by atoms with Gasteiger partial charge in [-0.05, 0) is 18.8 Å². The molecule has 0 atom stereocenters. The Balaban J connectivity index is 1.91. The number of rotatable bonds is 4. The molecule has 17 heavy (non-hydrogen) atoms. The maximum Gasteiger partial charge on any atom is 0.225 e. The standard InChI is InChI=1S/C12H18ClN3O/c1-16(9-10-2-4-17-5-3-10)12-14-7-11(6-13)8-15-12/h7-8,10H,2-6,9H2,1H3. The zero-order valence-electron chi connectivity index (χ0n) is 10.1. The second kappa shape index (κ2) is 6.17. The van der Waals surface area contributed by atoms with Crippen molar-refractivity contribution in [2.45, 2.75) is 18.7 Å². The Kier molecular flexibility index (Phi) is 4.57. The second-order valence-electron chi connectivity index (χ2n) is 4.46. The van der Waals surface area contributed by atoms with E-state index in [2.05, 4.69) is 14.9 Å². The van der Waals surface area contributed by atoms with Crippen LogP contribution < -0.4 is 4.90 Å². The fraction of sp³-hybridized carbons (Fsp3) is 0.667. The van der Waals surface area contributed by atoms with E-state index >= 15 is 0 Å². The Morgan fingerprint density at radius 1 is 1.35 bits per heavy atom. The summed E-state index contributed by atoms with van der Waals surface area (Å²) in [6.07, 6.45) is 5.83. The third kappa shape index (κ3) is 3.54. The molecule has 1 fully saturated rings. The van der Waals surface area contributed by atoms with Gasteiger partial charge in [0.15, 0.2) is 0 Å². The fourth-order valence-electron chi connectivity index (χ4n) is 2.01. The topological polar surface area (TPSA) is 38.2 Å². The fourth-order valence-corrected chi connectivity index (χ4v) is 2.15. The van der Waals surface area contributed by atoms with E-state index in [1.54, 1.807) is 12.4 Å². The van der Waals surface area contributed by atoms with Crippen LogP contribution in [0.1, 0.15) is 18.4 Å². The van der Waals surface area contributed by atoms with Crippen molar-refractivity contribution in [2.24, 2.45) is 5.92 Å². The van der Waals surface area contributed by atoms with E-state index < -0.39 is 0 Å². The largest absolute Gasteiger partial charge is 0.381 e. The van der Waals surface area contributed by atoms with Crippen LogP contribution >= 0.6 is 11.6 Å². The average molecular weight is 256 g/mol. The van der Waals surface area contributed by atoms with E-state index in [0.29, 0.717) is 11.8 Å². The van der Waals surface area contributed by atoms with Crippen LogP contribution in [0.5, 0.6) is 0 Å². The minimum Gasteiger partial charge on any atom is -0.381 e. The highest BCUT2D eigenvalue weighted by Gasteiger charge is 2.16. The summed E-state index contributed by atoms with van der Waals surface area (Å²) in [6.45, 7) is 2.75. The molecule has 0 aromatic carbocycles. The Morgan fingerprint density at radius 3 is 2.59 bits per heavy atom. The van der Waals surface area contributed by atoms with Crippen LogP contribution in [0.25, 0.3) is 0 Å². The van der Waals surface area contributed by atoms with Crippen LogP contribution in [0.3, 0.4) is 0 Å². The van der Waals surface area contributed by atoms with Gasteiger partial charge in [0.05, 0.1) is 5.88 Å². The first-order chi connectivity index (χ1) is 8.29. The molecule has 1 saturated heterocycles. The molecule has 0 spiro atoms. The molecule has 2 heterocycles. The van der Waals surface area contributed by atoms with Crippen molar-refractivity contribution < 1.29 is 4.74 Å². The maximum atomic E-state index is 5.71. The predicted octanol–water partition coefficient (Wildman–Crippen LogP) is 2.08. The normalized spacial score (nSPS) is 17.1. The van der Waals surface area contributed by atoms with Crippen LogP contribution in [-0.2, 0) is 10.6 Å². The van der Waals surface area contributed by atoms with Crippen LogP contribution in [0.4, 0.5) is 5.95 Å². The molecule has 2 rings (SSSR count). The van der Waals surface area contributed by atoms with Crippen LogP contribution in [-0.4, -0.2) is 36.8 Å². The van der Waals surface area contributed by atoms with Gasteiger partial charge in [-0.3, -0.25) is 0 Å². The molecule has 1 aliphatic heterocycles. The first-order valence-corrected chi connectivity index (χ1v) is 6.49. The molecule has 1 aliphatic rings. The molecular weight excluding hydrogens is 238 g/mol. The van der Waals surface area contributed by atoms with Crippen molar-refractivity contribution in [3.8, 4) is 0 Å². The van der Waals surface area contributed by atoms with Crippen LogP contribution in [0, 0.1) is 5.92 Å². The van der Waals surface area contributed by atoms with Gasteiger partial charge in [-0.15, -0.1) is 11.6 Å². The first-order valence-electron chi connectivity index (χ1n) is 5.95. The van der Waals surface area contributed by atoms with Gasteiger partial charge < -0.3 is 9.64 Å². The monoisotopic (exact) mass is 255 g/mol. The SMILES string of the molecule is CN(CC1CCOCC1)c1ncc(CCl)cn1. The Bertz CT molecular complexity index is 338. The van der Waals surface area contributed by atoms with Crippen LogP contribution in [0.2, 0.25) is 0 Å². The van der Waals surface area contributed by atoms with E-state index in [9.17, 15) is 0 Å². The molecule has 1 aromatic heterocycles. The third-order valence-electron chi connectivity index (χ3n) is 3.06. The number of anilines is 1. The molecule has 0 saturated carbocycles. The van der Waals surface area contributed by atoms with Gasteiger partial charge in [-0.25, -0.2) is 9.97 Å². The smallest absolute Gasteiger partial charge is 0.225 e. The first kappa shape index (κ1) is 12.6. The predicted molar refractivity (Wildman–Crippen MR) is 68.4 cm³/mol. The summed E-state index contributed by atoms with van der Waals surface area (Å²) < 4.78 is 5.35. The second-order valence-corrected chi connectivity index (χ2v) is 4.73. The number of ether oxygens (including phenoxy) is 1. The van der Waals surface area contributed by atoms with Gasteiger partial charge in [-0.1, -0.05) is 0 Å². The average Bonchev–Trinajstić information content (AvgIpc) is 2.40. The van der Waals surface area contributed by atoms with Crippen molar-refractivity contribution in [1.29, 1.82) is 0 Å². The Hall–Kier alpha value is -0.870. The Labute approximate surface area is 107 Å². The lowest BCUT2D eigenvalue weighted by Gasteiger charge is -2.27. The molecular formula is C12H18ClN3O. The van der Waals surface area contributed by atoms with Gasteiger partial charge in [0.2, 0.25) is 5.95 Å². The van der Waals surface area contributed by atoms with E-state index in [-0.39, 0.29) is 0 Å². The zero-order valence-corrected chi connectivity index (χ0v) is 10.9. The molecule has 0 bridgehead atoms. The number of aromatic nitrogens is 2. The van der Waals surface area contributed by atoms with Crippen molar-refractivity contribution in [3.63, 3.8) is 0 Å². The van der Waals surface area contributed by atoms with Gasteiger partial charge in [-0.2, -0.15) is 0 Å². The number of hydrogen-bond acceptors (Lipinski definition) is 4. The molecule has 0 radical (unpaired) electrons. The number of hydrogen-bond donors (Lipinski definition) is 0. The van der Waals surface area contributed by atoms with Crippen molar-refractivity contribution in [1.82, 2.24) is 9.97 Å². The molecule has 4 nitrogen and oxygen atoms in total. The lowest BCUT2D eigenvalue weighted by molar-refractivity contribution is 0.0684. The molecule has 1 aromatic rings. The van der Waals surface area contributed by atoms with E-state index in [1.807, 2.05) is 7.05 Å². The van der Waals surface area contributed by atoms with Gasteiger partial charge in [0.1, 0.15) is 0 Å². The lowest BCUT2D eigenvalue weighted by Crippen LogP contribution is -2.30. The van der Waals surface area contributed by atoms with Crippen molar-refractivity contribution >= 4 is 17.5 Å². The van der Waals surface area contributed by atoms with E-state index in [0.717, 1.165) is 44.1 Å².